The predicted molar refractivity (Wildman–Crippen MR) is 120 cm³/mol. The number of halogens is 1. The zero-order valence-electron chi connectivity index (χ0n) is 16.9. The molecule has 3 N–H and O–H groups in total. The van der Waals surface area contributed by atoms with Crippen molar-refractivity contribution < 1.29 is 13.9 Å². The average Bonchev–Trinajstić information content (AvgIpc) is 3.43. The molecular weight excluding hydrogens is 418 g/mol. The van der Waals surface area contributed by atoms with Crippen molar-refractivity contribution in [2.24, 2.45) is 0 Å². The van der Waals surface area contributed by atoms with Gasteiger partial charge in [0.25, 0.3) is 0 Å². The number of benzene rings is 2. The summed E-state index contributed by atoms with van der Waals surface area (Å²) in [6.07, 6.45) is 1.52. The van der Waals surface area contributed by atoms with Gasteiger partial charge in [-0.1, -0.05) is 11.6 Å². The second-order valence-corrected chi connectivity index (χ2v) is 7.51. The molecule has 1 aromatic carbocycles. The van der Waals surface area contributed by atoms with Gasteiger partial charge in [-0.2, -0.15) is 4.98 Å². The van der Waals surface area contributed by atoms with Gasteiger partial charge < -0.3 is 25.1 Å². The maximum absolute atomic E-state index is 12.0. The lowest BCUT2D eigenvalue weighted by Crippen LogP contribution is -2.55. The normalized spacial score (nSPS) is 16.1. The van der Waals surface area contributed by atoms with E-state index in [1.807, 2.05) is 29.2 Å². The quantitative estimate of drug-likeness (QED) is 0.495. The summed E-state index contributed by atoms with van der Waals surface area (Å²) in [7, 11) is 0. The number of anilines is 2. The molecule has 0 radical (unpaired) electrons. The molecule has 2 bridgehead atoms. The maximum Gasteiger partial charge on any atom is 0.222 e. The molecule has 31 heavy (non-hydrogen) atoms. The van der Waals surface area contributed by atoms with Gasteiger partial charge in [-0.05, 0) is 55.5 Å². The fraction of sp³-hybridized carbons (Fsp3) is 0.227. The van der Waals surface area contributed by atoms with Gasteiger partial charge in [0.1, 0.15) is 23.0 Å². The average molecular weight is 440 g/mol. The molecule has 1 atom stereocenters. The van der Waals surface area contributed by atoms with E-state index in [0.717, 1.165) is 17.7 Å². The Bertz CT molecular complexity index is 1100. The molecular formula is C22H22ClN5O3. The van der Waals surface area contributed by atoms with Gasteiger partial charge in [-0.3, -0.25) is 4.79 Å². The van der Waals surface area contributed by atoms with Crippen LogP contribution in [0.25, 0.3) is 11.2 Å². The van der Waals surface area contributed by atoms with Gasteiger partial charge in [-0.25, -0.2) is 4.98 Å². The highest BCUT2D eigenvalue weighted by molar-refractivity contribution is 6.30. The minimum atomic E-state index is -0.319. The molecule has 0 amide bonds. The molecule has 4 heterocycles. The number of ether oxygens (including phenoxy) is 1. The van der Waals surface area contributed by atoms with Crippen molar-refractivity contribution in [3.63, 3.8) is 0 Å². The lowest BCUT2D eigenvalue weighted by atomic mass is 10.1. The van der Waals surface area contributed by atoms with Gasteiger partial charge >= 0.3 is 0 Å². The highest BCUT2D eigenvalue weighted by atomic mass is 35.5. The first-order valence-electron chi connectivity index (χ1n) is 9.81. The maximum atomic E-state index is 12.0. The summed E-state index contributed by atoms with van der Waals surface area (Å²) in [5.41, 5.74) is 7.68. The van der Waals surface area contributed by atoms with Gasteiger partial charge in [0.15, 0.2) is 17.4 Å². The van der Waals surface area contributed by atoms with E-state index < -0.39 is 0 Å². The third kappa shape index (κ3) is 5.04. The Morgan fingerprint density at radius 2 is 1.87 bits per heavy atom. The number of furan rings is 2. The Morgan fingerprint density at radius 1 is 1.19 bits per heavy atom. The number of hydrogen-bond donors (Lipinski definition) is 2. The van der Waals surface area contributed by atoms with Crippen LogP contribution in [0.1, 0.15) is 6.92 Å². The van der Waals surface area contributed by atoms with Crippen molar-refractivity contribution in [1.82, 2.24) is 15.3 Å². The lowest BCUT2D eigenvalue weighted by molar-refractivity contribution is -0.118. The van der Waals surface area contributed by atoms with Crippen LogP contribution in [0, 0.1) is 0 Å². The Morgan fingerprint density at radius 3 is 2.45 bits per heavy atom. The van der Waals surface area contributed by atoms with Crippen LogP contribution in [0.5, 0.6) is 11.5 Å². The van der Waals surface area contributed by atoms with Crippen LogP contribution in [-0.2, 0) is 4.79 Å². The van der Waals surface area contributed by atoms with Crippen LogP contribution in [0.2, 0.25) is 5.02 Å². The molecule has 1 unspecified atom stereocenters. The van der Waals surface area contributed by atoms with Gasteiger partial charge in [-0.15, -0.1) is 0 Å². The van der Waals surface area contributed by atoms with Gasteiger partial charge in [0.2, 0.25) is 5.95 Å². The molecule has 1 aliphatic rings. The highest BCUT2D eigenvalue weighted by Gasteiger charge is 2.29. The van der Waals surface area contributed by atoms with Gasteiger partial charge in [0.05, 0.1) is 6.20 Å². The second kappa shape index (κ2) is 9.20. The first-order valence-corrected chi connectivity index (χ1v) is 10.2. The van der Waals surface area contributed by atoms with E-state index in [2.05, 4.69) is 15.3 Å². The molecule has 1 fully saturated rings. The molecule has 3 aromatic heterocycles. The third-order valence-corrected chi connectivity index (χ3v) is 5.09. The van der Waals surface area contributed by atoms with Crippen molar-refractivity contribution in [1.29, 1.82) is 0 Å². The second-order valence-electron chi connectivity index (χ2n) is 7.07. The van der Waals surface area contributed by atoms with Crippen molar-refractivity contribution in [2.45, 2.75) is 13.0 Å². The van der Waals surface area contributed by atoms with Crippen LogP contribution < -0.4 is 20.7 Å². The van der Waals surface area contributed by atoms with E-state index in [9.17, 15) is 4.79 Å². The number of carbonyl (C=O) groups excluding carboxylic acids is 1. The molecule has 4 aromatic rings. The number of fused-ring (bicyclic) bond motifs is 2. The summed E-state index contributed by atoms with van der Waals surface area (Å²) in [6, 6.07) is 14.5. The van der Waals surface area contributed by atoms with Crippen LogP contribution in [-0.4, -0.2) is 41.4 Å². The van der Waals surface area contributed by atoms with Crippen LogP contribution in [0.15, 0.2) is 59.1 Å². The number of nitrogens with two attached hydrogens (primary N) is 1. The summed E-state index contributed by atoms with van der Waals surface area (Å²) in [4.78, 5) is 22.2. The monoisotopic (exact) mass is 439 g/mol. The standard InChI is InChI=1S/C16H18ClN5O2.C6H4O/c1-10(23)13-8-19-6-7-22(13)15-14(9-20-16(18)21-15)24-12-4-2-11(17)3-5-12;1-2-6-4-3-5(1)7-6/h2-5,9,13,19H,6-8H2,1H3,(H2,18,20,21);1-4H. The van der Waals surface area contributed by atoms with E-state index in [1.165, 1.54) is 6.20 Å². The zero-order valence-corrected chi connectivity index (χ0v) is 17.7. The number of aromatic nitrogens is 2. The summed E-state index contributed by atoms with van der Waals surface area (Å²) >= 11 is 5.89. The molecule has 1 aliphatic heterocycles. The fourth-order valence-electron chi connectivity index (χ4n) is 3.32. The number of Topliss-reactive ketones (excluding diaryl/α,β-unsaturated/α-hetero) is 1. The Kier molecular flexibility index (Phi) is 6.20. The van der Waals surface area contributed by atoms with Crippen LogP contribution >= 0.6 is 11.6 Å². The fourth-order valence-corrected chi connectivity index (χ4v) is 3.44. The lowest BCUT2D eigenvalue weighted by Gasteiger charge is -2.36. The third-order valence-electron chi connectivity index (χ3n) is 4.84. The number of nitrogen functional groups attached to an aromatic ring is 1. The predicted octanol–water partition coefficient (Wildman–Crippen LogP) is 3.74. The number of hydrogen-bond acceptors (Lipinski definition) is 8. The van der Waals surface area contributed by atoms with E-state index in [0.29, 0.717) is 35.4 Å². The first kappa shape index (κ1) is 20.9. The summed E-state index contributed by atoms with van der Waals surface area (Å²) in [5.74, 6) is 1.74. The van der Waals surface area contributed by atoms with E-state index in [4.69, 9.17) is 26.5 Å². The molecule has 1 saturated heterocycles. The summed E-state index contributed by atoms with van der Waals surface area (Å²) in [5, 5.41) is 3.83. The molecule has 0 saturated carbocycles. The number of nitrogens with zero attached hydrogens (tertiary/aromatic N) is 3. The summed E-state index contributed by atoms with van der Waals surface area (Å²) < 4.78 is 11.0. The smallest absolute Gasteiger partial charge is 0.222 e. The van der Waals surface area contributed by atoms with Crippen molar-refractivity contribution in [3.8, 4) is 11.5 Å². The van der Waals surface area contributed by atoms with E-state index in [-0.39, 0.29) is 17.8 Å². The van der Waals surface area contributed by atoms with Crippen molar-refractivity contribution in [3.05, 3.63) is 59.8 Å². The largest absolute Gasteiger partial charge is 0.457 e. The van der Waals surface area contributed by atoms with Gasteiger partial charge in [0, 0.05) is 24.7 Å². The molecule has 8 nitrogen and oxygen atoms in total. The zero-order chi connectivity index (χ0) is 21.8. The minimum Gasteiger partial charge on any atom is -0.457 e. The number of nitrogens with one attached hydrogen (secondary N) is 1. The van der Waals surface area contributed by atoms with Crippen molar-refractivity contribution in [2.75, 3.05) is 30.3 Å². The van der Waals surface area contributed by atoms with Crippen LogP contribution in [0.4, 0.5) is 11.8 Å². The number of rotatable bonds is 4. The summed E-state index contributed by atoms with van der Waals surface area (Å²) in [6.45, 7) is 3.49. The Balaban J connectivity index is 0.000000275. The van der Waals surface area contributed by atoms with Crippen molar-refractivity contribution >= 4 is 40.3 Å². The number of carbonyl (C=O) groups is 1. The highest BCUT2D eigenvalue weighted by Crippen LogP contribution is 2.32. The topological polar surface area (TPSA) is 107 Å². The first-order chi connectivity index (χ1) is 15.0. The number of ketones is 1. The Labute approximate surface area is 184 Å². The molecule has 9 heteroatoms. The molecule has 5 rings (SSSR count). The van der Waals surface area contributed by atoms with E-state index >= 15 is 0 Å². The molecule has 0 aliphatic carbocycles. The number of piperazine rings is 1. The SMILES string of the molecule is CC(=O)C1CNCCN1c1nc(N)ncc1Oc1ccc(Cl)cc1.c1cc2ccc1o2. The minimum absolute atomic E-state index is 0.0526. The van der Waals surface area contributed by atoms with Crippen LogP contribution in [0.3, 0.4) is 0 Å². The Hall–Kier alpha value is -3.36. The molecule has 160 valence electrons. The van der Waals surface area contributed by atoms with E-state index in [1.54, 1.807) is 31.2 Å². The molecule has 0 spiro atoms.